The van der Waals surface area contributed by atoms with Crippen molar-refractivity contribution in [3.05, 3.63) is 0 Å². The van der Waals surface area contributed by atoms with E-state index >= 15 is 0 Å². The Balaban J connectivity index is 0. The Hall–Kier alpha value is -0.610. The molecule has 0 bridgehead atoms. The number of esters is 1. The van der Waals surface area contributed by atoms with Gasteiger partial charge >= 0.3 is 5.97 Å². The van der Waals surface area contributed by atoms with Gasteiger partial charge in [-0.15, -0.1) is 0 Å². The van der Waals surface area contributed by atoms with E-state index in [1.54, 1.807) is 6.92 Å². The van der Waals surface area contributed by atoms with E-state index in [4.69, 9.17) is 5.84 Å². The highest BCUT2D eigenvalue weighted by Crippen LogP contribution is 1.69. The summed E-state index contributed by atoms with van der Waals surface area (Å²) in [5, 5.41) is 0. The topological polar surface area (TPSA) is 64.3 Å². The number of nitrogens with one attached hydrogen (secondary N) is 1. The number of nitrogens with two attached hydrogens (primary N) is 1. The van der Waals surface area contributed by atoms with Gasteiger partial charge in [-0.1, -0.05) is 0 Å². The lowest BCUT2D eigenvalue weighted by molar-refractivity contribution is -0.140. The van der Waals surface area contributed by atoms with Crippen LogP contribution >= 0.6 is 0 Å². The van der Waals surface area contributed by atoms with Gasteiger partial charge in [0.05, 0.1) is 6.61 Å². The number of ether oxygens (including phenoxy) is 1. The Morgan fingerprint density at radius 2 is 2.00 bits per heavy atom. The van der Waals surface area contributed by atoms with Gasteiger partial charge in [-0.05, 0) is 20.8 Å². The van der Waals surface area contributed by atoms with Crippen LogP contribution in [0.3, 0.4) is 0 Å². The van der Waals surface area contributed by atoms with Crippen molar-refractivity contribution in [2.24, 2.45) is 5.84 Å². The summed E-state index contributed by atoms with van der Waals surface area (Å²) >= 11 is 0. The summed E-state index contributed by atoms with van der Waals surface area (Å²) in [4.78, 5) is 9.82. The van der Waals surface area contributed by atoms with Gasteiger partial charge in [0.2, 0.25) is 0 Å². The third-order valence-electron chi connectivity index (χ3n) is 0.681. The summed E-state index contributed by atoms with van der Waals surface area (Å²) in [6.45, 7) is 7.63. The first kappa shape index (κ1) is 13.0. The van der Waals surface area contributed by atoms with Crippen LogP contribution in [0.25, 0.3) is 0 Å². The number of rotatable bonds is 2. The number of hydrazine groups is 1. The Bertz CT molecular complexity index is 94.4. The first-order valence-electron chi connectivity index (χ1n) is 3.64. The average Bonchev–Trinajstić information content (AvgIpc) is 1.89. The van der Waals surface area contributed by atoms with Crippen LogP contribution < -0.4 is 11.3 Å². The number of hydrogen-bond acceptors (Lipinski definition) is 4. The Labute approximate surface area is 68.1 Å². The molecular formula is C7H18N2O2. The molecule has 68 valence electrons. The highest BCUT2D eigenvalue weighted by atomic mass is 16.5. The largest absolute Gasteiger partial charge is 0.466 e. The highest BCUT2D eigenvalue weighted by Gasteiger charge is 1.81. The predicted molar refractivity (Wildman–Crippen MR) is 44.8 cm³/mol. The minimum absolute atomic E-state index is 0.211. The minimum Gasteiger partial charge on any atom is -0.466 e. The number of carbonyl (C=O) groups is 1. The van der Waals surface area contributed by atoms with Crippen molar-refractivity contribution in [3.8, 4) is 0 Å². The van der Waals surface area contributed by atoms with E-state index in [1.165, 1.54) is 6.92 Å². The summed E-state index contributed by atoms with van der Waals surface area (Å²) < 4.78 is 4.40. The molecule has 4 heteroatoms. The van der Waals surface area contributed by atoms with Crippen molar-refractivity contribution in [1.29, 1.82) is 0 Å². The number of carbonyl (C=O) groups excluding carboxylic acids is 1. The molecule has 0 aliphatic carbocycles. The fourth-order valence-electron chi connectivity index (χ4n) is 0.203. The molecule has 0 unspecified atom stereocenters. The number of hydrogen-bond donors (Lipinski definition) is 2. The molecule has 0 heterocycles. The second-order valence-corrected chi connectivity index (χ2v) is 2.25. The zero-order valence-electron chi connectivity index (χ0n) is 7.68. The first-order valence-corrected chi connectivity index (χ1v) is 3.64. The maximum atomic E-state index is 9.82. The Kier molecular flexibility index (Phi) is 11.1. The lowest BCUT2D eigenvalue weighted by Crippen LogP contribution is -2.29. The zero-order chi connectivity index (χ0) is 9.28. The molecule has 0 aliphatic rings. The molecule has 0 radical (unpaired) electrons. The van der Waals surface area contributed by atoms with Crippen LogP contribution in [-0.4, -0.2) is 18.6 Å². The van der Waals surface area contributed by atoms with E-state index in [1.807, 2.05) is 13.8 Å². The van der Waals surface area contributed by atoms with Gasteiger partial charge in [0.1, 0.15) is 0 Å². The molecule has 0 amide bonds. The molecule has 0 atom stereocenters. The van der Waals surface area contributed by atoms with Gasteiger partial charge in [-0.25, -0.2) is 0 Å². The van der Waals surface area contributed by atoms with Gasteiger partial charge < -0.3 is 4.74 Å². The first-order chi connectivity index (χ1) is 5.04. The molecule has 0 aromatic carbocycles. The predicted octanol–water partition coefficient (Wildman–Crippen LogP) is 0.427. The smallest absolute Gasteiger partial charge is 0.302 e. The van der Waals surface area contributed by atoms with Crippen LogP contribution in [0.4, 0.5) is 0 Å². The molecule has 0 aromatic rings. The molecule has 0 aromatic heterocycles. The van der Waals surface area contributed by atoms with Gasteiger partial charge in [-0.3, -0.25) is 16.1 Å². The van der Waals surface area contributed by atoms with Crippen LogP contribution in [0.2, 0.25) is 0 Å². The van der Waals surface area contributed by atoms with Crippen LogP contribution in [0, 0.1) is 0 Å². The minimum atomic E-state index is -0.211. The Morgan fingerprint density at radius 3 is 2.00 bits per heavy atom. The van der Waals surface area contributed by atoms with Crippen LogP contribution in [-0.2, 0) is 9.53 Å². The summed E-state index contributed by atoms with van der Waals surface area (Å²) in [5.74, 6) is 4.71. The standard InChI is InChI=1S/C4H8O2.C3H10N2/c1-3-6-4(2)5;1-3(2)5-4/h3H2,1-2H3;3,5H,4H2,1-2H3. The zero-order valence-corrected chi connectivity index (χ0v) is 7.68. The molecular weight excluding hydrogens is 144 g/mol. The average molecular weight is 162 g/mol. The van der Waals surface area contributed by atoms with Crippen LogP contribution in [0.15, 0.2) is 0 Å². The van der Waals surface area contributed by atoms with Crippen molar-refractivity contribution in [1.82, 2.24) is 5.43 Å². The molecule has 0 saturated carbocycles. The van der Waals surface area contributed by atoms with E-state index < -0.39 is 0 Å². The summed E-state index contributed by atoms with van der Waals surface area (Å²) in [7, 11) is 0. The van der Waals surface area contributed by atoms with Crippen molar-refractivity contribution in [2.75, 3.05) is 6.61 Å². The molecule has 0 aliphatic heterocycles. The van der Waals surface area contributed by atoms with E-state index in [-0.39, 0.29) is 5.97 Å². The monoisotopic (exact) mass is 162 g/mol. The fraction of sp³-hybridized carbons (Fsp3) is 0.857. The van der Waals surface area contributed by atoms with Gasteiger partial charge in [0.25, 0.3) is 0 Å². The second-order valence-electron chi connectivity index (χ2n) is 2.25. The maximum Gasteiger partial charge on any atom is 0.302 e. The van der Waals surface area contributed by atoms with Crippen LogP contribution in [0.1, 0.15) is 27.7 Å². The normalized spacial score (nSPS) is 8.55. The summed E-state index contributed by atoms with van der Waals surface area (Å²) in [6.07, 6.45) is 0. The molecule has 0 fully saturated rings. The van der Waals surface area contributed by atoms with Crippen molar-refractivity contribution < 1.29 is 9.53 Å². The second kappa shape index (κ2) is 9.39. The van der Waals surface area contributed by atoms with E-state index in [9.17, 15) is 4.79 Å². The van der Waals surface area contributed by atoms with Gasteiger partial charge in [-0.2, -0.15) is 0 Å². The molecule has 4 nitrogen and oxygen atoms in total. The van der Waals surface area contributed by atoms with Crippen molar-refractivity contribution in [3.63, 3.8) is 0 Å². The Morgan fingerprint density at radius 1 is 1.64 bits per heavy atom. The third kappa shape index (κ3) is 26.6. The quantitative estimate of drug-likeness (QED) is 0.351. The lowest BCUT2D eigenvalue weighted by atomic mass is 10.4. The van der Waals surface area contributed by atoms with E-state index in [0.29, 0.717) is 12.6 Å². The van der Waals surface area contributed by atoms with Gasteiger partial charge in [0, 0.05) is 13.0 Å². The third-order valence-corrected chi connectivity index (χ3v) is 0.681. The lowest BCUT2D eigenvalue weighted by Gasteiger charge is -1.95. The summed E-state index contributed by atoms with van der Waals surface area (Å²) in [5.41, 5.74) is 2.53. The fourth-order valence-corrected chi connectivity index (χ4v) is 0.203. The molecule has 11 heavy (non-hydrogen) atoms. The molecule has 3 N–H and O–H groups in total. The van der Waals surface area contributed by atoms with Crippen molar-refractivity contribution in [2.45, 2.75) is 33.7 Å². The molecule has 0 rings (SSSR count). The SMILES string of the molecule is CC(C)NN.CCOC(C)=O. The van der Waals surface area contributed by atoms with E-state index in [2.05, 4.69) is 10.2 Å². The van der Waals surface area contributed by atoms with Crippen LogP contribution in [0.5, 0.6) is 0 Å². The summed E-state index contributed by atoms with van der Waals surface area (Å²) in [6, 6.07) is 0.412. The van der Waals surface area contributed by atoms with Gasteiger partial charge in [0.15, 0.2) is 0 Å². The van der Waals surface area contributed by atoms with Crippen molar-refractivity contribution >= 4 is 5.97 Å². The van der Waals surface area contributed by atoms with E-state index in [0.717, 1.165) is 0 Å². The molecule has 0 saturated heterocycles. The molecule has 0 spiro atoms. The highest BCUT2D eigenvalue weighted by molar-refractivity contribution is 5.65. The maximum absolute atomic E-state index is 9.82.